The van der Waals surface area contributed by atoms with E-state index < -0.39 is 0 Å². The number of hydrogen-bond acceptors (Lipinski definition) is 1. The fraction of sp³-hybridized carbons (Fsp3) is 0.333. The second-order valence-corrected chi connectivity index (χ2v) is 1.52. The van der Waals surface area contributed by atoms with Gasteiger partial charge >= 0.3 is 0 Å². The summed E-state index contributed by atoms with van der Waals surface area (Å²) in [7, 11) is 0. The van der Waals surface area contributed by atoms with Gasteiger partial charge in [0.25, 0.3) is 0 Å². The van der Waals surface area contributed by atoms with Crippen LogP contribution in [-0.2, 0) is 0 Å². The van der Waals surface area contributed by atoms with Crippen LogP contribution in [0.1, 0.15) is 20.8 Å². The van der Waals surface area contributed by atoms with Crippen molar-refractivity contribution in [2.75, 3.05) is 0 Å². The molecule has 0 aromatic heterocycles. The Morgan fingerprint density at radius 1 is 1.20 bits per heavy atom. The van der Waals surface area contributed by atoms with E-state index in [0.29, 0.717) is 0 Å². The average Bonchev–Trinajstić information content (AvgIpc) is 1.65. The van der Waals surface area contributed by atoms with Crippen molar-refractivity contribution in [1.82, 2.24) is 0 Å². The molecule has 0 rings (SSSR count). The van der Waals surface area contributed by atoms with Gasteiger partial charge in [-0.25, -0.2) is 0 Å². The van der Waals surface area contributed by atoms with Crippen LogP contribution in [0, 0.1) is 0 Å². The molecule has 0 bridgehead atoms. The number of hydrogen-bond donors (Lipinski definition) is 0. The second-order valence-electron chi connectivity index (χ2n) is 1.52. The Labute approximate surface area is 64.4 Å². The van der Waals surface area contributed by atoms with E-state index in [1.54, 1.807) is 12.2 Å². The largest absolute Gasteiger partial charge is 0.876 e. The number of rotatable bonds is 0. The van der Waals surface area contributed by atoms with Gasteiger partial charge in [-0.3, -0.25) is 0 Å². The van der Waals surface area contributed by atoms with Gasteiger partial charge in [-0.2, -0.15) is 0 Å². The van der Waals surface area contributed by atoms with Gasteiger partial charge in [0, 0.05) is 0 Å². The predicted octanol–water partition coefficient (Wildman–Crippen LogP) is 2.26. The minimum atomic E-state index is -0.0833. The standard InChI is InChI=1S/C3H6O.2C3H6/c1-3(2)4;2*1-3-2/h4H,1H2,2H3;2*3H,1H2,2H3/p-1. The fourth-order valence-corrected chi connectivity index (χ4v) is 0. The van der Waals surface area contributed by atoms with Crippen molar-refractivity contribution >= 4 is 0 Å². The molecule has 0 aliphatic heterocycles. The van der Waals surface area contributed by atoms with Crippen LogP contribution >= 0.6 is 0 Å². The lowest BCUT2D eigenvalue weighted by atomic mass is 10.7. The van der Waals surface area contributed by atoms with Crippen LogP contribution in [-0.4, -0.2) is 0 Å². The Hall–Kier alpha value is -0.980. The molecule has 0 radical (unpaired) electrons. The Morgan fingerprint density at radius 2 is 1.20 bits per heavy atom. The average molecular weight is 141 g/mol. The Bertz CT molecular complexity index is 72.7. The first-order chi connectivity index (χ1) is 4.56. The van der Waals surface area contributed by atoms with Gasteiger partial charge < -0.3 is 5.11 Å². The smallest absolute Gasteiger partial charge is 0.0473 e. The summed E-state index contributed by atoms with van der Waals surface area (Å²) in [4.78, 5) is 0. The van der Waals surface area contributed by atoms with Gasteiger partial charge in [0.2, 0.25) is 0 Å². The molecule has 0 aromatic rings. The van der Waals surface area contributed by atoms with Crippen molar-refractivity contribution in [2.45, 2.75) is 20.8 Å². The molecule has 0 aliphatic rings. The van der Waals surface area contributed by atoms with Crippen LogP contribution in [0.15, 0.2) is 37.6 Å². The quantitative estimate of drug-likeness (QED) is 0.375. The molecule has 0 heterocycles. The molecule has 0 saturated carbocycles. The molecular weight excluding hydrogens is 124 g/mol. The zero-order valence-electron chi connectivity index (χ0n) is 7.18. The molecular formula is C9H17O-. The Kier molecular flexibility index (Phi) is 39.2. The van der Waals surface area contributed by atoms with Crippen molar-refractivity contribution in [1.29, 1.82) is 0 Å². The van der Waals surface area contributed by atoms with Crippen molar-refractivity contribution < 1.29 is 5.11 Å². The lowest BCUT2D eigenvalue weighted by Crippen LogP contribution is -1.92. The second kappa shape index (κ2) is 24.5. The van der Waals surface area contributed by atoms with E-state index in [1.807, 2.05) is 13.8 Å². The highest BCUT2D eigenvalue weighted by Gasteiger charge is 1.36. The summed E-state index contributed by atoms with van der Waals surface area (Å²) >= 11 is 0. The normalized spacial score (nSPS) is 5.10. The van der Waals surface area contributed by atoms with Crippen molar-refractivity contribution in [3.63, 3.8) is 0 Å². The highest BCUT2D eigenvalue weighted by atomic mass is 16.3. The molecule has 0 unspecified atom stereocenters. The highest BCUT2D eigenvalue weighted by Crippen LogP contribution is 1.57. The van der Waals surface area contributed by atoms with Gasteiger partial charge in [-0.15, -0.1) is 25.5 Å². The zero-order chi connectivity index (χ0) is 8.99. The van der Waals surface area contributed by atoms with Crippen LogP contribution in [0.2, 0.25) is 0 Å². The van der Waals surface area contributed by atoms with Gasteiger partial charge in [0.15, 0.2) is 0 Å². The van der Waals surface area contributed by atoms with Crippen LogP contribution in [0.25, 0.3) is 0 Å². The highest BCUT2D eigenvalue weighted by molar-refractivity contribution is 4.64. The van der Waals surface area contributed by atoms with E-state index in [1.165, 1.54) is 6.92 Å². The summed E-state index contributed by atoms with van der Waals surface area (Å²) < 4.78 is 0. The van der Waals surface area contributed by atoms with Gasteiger partial charge in [0.05, 0.1) is 0 Å². The maximum atomic E-state index is 9.33. The molecule has 0 aliphatic carbocycles. The first kappa shape index (κ1) is 16.0. The topological polar surface area (TPSA) is 23.1 Å². The predicted molar refractivity (Wildman–Crippen MR) is 46.6 cm³/mol. The van der Waals surface area contributed by atoms with Crippen molar-refractivity contribution in [3.8, 4) is 0 Å². The maximum absolute atomic E-state index is 9.33. The molecule has 0 amide bonds. The molecule has 0 fully saturated rings. The molecule has 1 nitrogen and oxygen atoms in total. The molecule has 0 atom stereocenters. The van der Waals surface area contributed by atoms with Crippen molar-refractivity contribution in [2.24, 2.45) is 0 Å². The van der Waals surface area contributed by atoms with Crippen molar-refractivity contribution in [3.05, 3.63) is 37.6 Å². The van der Waals surface area contributed by atoms with Crippen LogP contribution in [0.4, 0.5) is 0 Å². The summed E-state index contributed by atoms with van der Waals surface area (Å²) in [5, 5.41) is 9.33. The summed E-state index contributed by atoms with van der Waals surface area (Å²) in [5.41, 5.74) is 0. The molecule has 0 aromatic carbocycles. The van der Waals surface area contributed by atoms with Gasteiger partial charge in [0.1, 0.15) is 0 Å². The monoisotopic (exact) mass is 141 g/mol. The van der Waals surface area contributed by atoms with Gasteiger partial charge in [-0.05, 0) is 13.8 Å². The SMILES string of the molecule is C=C(C)[O-].C=CC.C=CC. The molecule has 1 heteroatoms. The van der Waals surface area contributed by atoms with Crippen LogP contribution in [0.3, 0.4) is 0 Å². The summed E-state index contributed by atoms with van der Waals surface area (Å²) in [5.74, 6) is -0.0833. The zero-order valence-corrected chi connectivity index (χ0v) is 7.18. The third-order valence-corrected chi connectivity index (χ3v) is 0. The third kappa shape index (κ3) is 265. The minimum Gasteiger partial charge on any atom is -0.876 e. The van der Waals surface area contributed by atoms with E-state index in [0.717, 1.165) is 0 Å². The Balaban J connectivity index is -0.0000000750. The van der Waals surface area contributed by atoms with E-state index >= 15 is 0 Å². The maximum Gasteiger partial charge on any atom is -0.0473 e. The van der Waals surface area contributed by atoms with Crippen LogP contribution < -0.4 is 5.11 Å². The van der Waals surface area contributed by atoms with Crippen LogP contribution in [0.5, 0.6) is 0 Å². The number of allylic oxidation sites excluding steroid dienone is 3. The first-order valence-electron chi connectivity index (χ1n) is 3.03. The van der Waals surface area contributed by atoms with E-state index in [4.69, 9.17) is 0 Å². The van der Waals surface area contributed by atoms with E-state index in [-0.39, 0.29) is 5.76 Å². The summed E-state index contributed by atoms with van der Waals surface area (Å²) in [6, 6.07) is 0. The molecule has 60 valence electrons. The molecule has 0 N–H and O–H groups in total. The van der Waals surface area contributed by atoms with Gasteiger partial charge in [-0.1, -0.05) is 19.1 Å². The van der Waals surface area contributed by atoms with E-state index in [9.17, 15) is 5.11 Å². The third-order valence-electron chi connectivity index (χ3n) is 0. The first-order valence-corrected chi connectivity index (χ1v) is 3.03. The molecule has 0 spiro atoms. The molecule has 0 saturated heterocycles. The summed E-state index contributed by atoms with van der Waals surface area (Å²) in [6.45, 7) is 14.9. The summed E-state index contributed by atoms with van der Waals surface area (Å²) in [6.07, 6.45) is 3.50. The minimum absolute atomic E-state index is 0.0833. The Morgan fingerprint density at radius 3 is 1.20 bits per heavy atom. The molecule has 10 heavy (non-hydrogen) atoms. The lowest BCUT2D eigenvalue weighted by Gasteiger charge is -1.92. The lowest BCUT2D eigenvalue weighted by molar-refractivity contribution is -0.300. The fourth-order valence-electron chi connectivity index (χ4n) is 0. The van der Waals surface area contributed by atoms with E-state index in [2.05, 4.69) is 19.7 Å².